The van der Waals surface area contributed by atoms with Crippen LogP contribution in [0.2, 0.25) is 10.0 Å². The molecule has 0 saturated carbocycles. The molecule has 0 atom stereocenters. The van der Waals surface area contributed by atoms with Gasteiger partial charge in [0.2, 0.25) is 0 Å². The summed E-state index contributed by atoms with van der Waals surface area (Å²) in [5.74, 6) is 0.557. The van der Waals surface area contributed by atoms with Gasteiger partial charge in [0.05, 0.1) is 26.5 Å². The Labute approximate surface area is 241 Å². The number of hydrogen-bond donors (Lipinski definition) is 2. The molecule has 2 N–H and O–H groups in total. The van der Waals surface area contributed by atoms with E-state index in [1.54, 1.807) is 30.3 Å². The van der Waals surface area contributed by atoms with Crippen LogP contribution < -0.4 is 20.2 Å². The first-order valence-electron chi connectivity index (χ1n) is 10.6. The molecule has 0 aromatic heterocycles. The van der Waals surface area contributed by atoms with E-state index in [2.05, 4.69) is 26.7 Å². The number of carbonyl (C=O) groups excluding carboxylic acids is 2. The number of hydrazine groups is 1. The number of benzene rings is 3. The van der Waals surface area contributed by atoms with Crippen LogP contribution in [0, 0.1) is 0 Å². The number of nitrogens with zero attached hydrogens (tertiary/aromatic N) is 1. The number of thiocarbonyl (C=S) groups is 1. The van der Waals surface area contributed by atoms with E-state index in [0.29, 0.717) is 43.8 Å². The largest absolute Gasteiger partial charge is 0.493 e. The third-order valence-electron chi connectivity index (χ3n) is 4.96. The molecule has 1 aliphatic heterocycles. The predicted octanol–water partition coefficient (Wildman–Crippen LogP) is 7.28. The quantitative estimate of drug-likeness (QED) is 0.209. The van der Waals surface area contributed by atoms with Crippen molar-refractivity contribution in [2.45, 2.75) is 6.61 Å². The summed E-state index contributed by atoms with van der Waals surface area (Å²) < 4.78 is 12.3. The number of thioether (sulfide) groups is 1. The highest BCUT2D eigenvalue weighted by Crippen LogP contribution is 2.39. The molecule has 190 valence electrons. The number of amides is 3. The molecule has 37 heavy (non-hydrogen) atoms. The maximum absolute atomic E-state index is 13.0. The molecule has 1 saturated heterocycles. The first kappa shape index (κ1) is 27.3. The minimum Gasteiger partial charge on any atom is -0.493 e. The van der Waals surface area contributed by atoms with Gasteiger partial charge in [0.15, 0.2) is 15.8 Å². The number of urea groups is 1. The van der Waals surface area contributed by atoms with Gasteiger partial charge in [-0.05, 0) is 75.7 Å². The first-order valence-corrected chi connectivity index (χ1v) is 13.4. The van der Waals surface area contributed by atoms with Crippen LogP contribution in [0.5, 0.6) is 11.5 Å². The summed E-state index contributed by atoms with van der Waals surface area (Å²) in [5, 5.41) is 4.22. The zero-order valence-electron chi connectivity index (χ0n) is 19.1. The van der Waals surface area contributed by atoms with Crippen molar-refractivity contribution in [3.05, 3.63) is 91.2 Å². The second kappa shape index (κ2) is 12.2. The second-order valence-corrected chi connectivity index (χ2v) is 10.9. The van der Waals surface area contributed by atoms with Crippen molar-refractivity contribution in [3.8, 4) is 11.5 Å². The summed E-state index contributed by atoms with van der Waals surface area (Å²) >= 11 is 21.8. The molecular formula is C25H18BrCl2N3O4S2. The molecule has 0 radical (unpaired) electrons. The molecule has 7 nitrogen and oxygen atoms in total. The van der Waals surface area contributed by atoms with Crippen molar-refractivity contribution in [3.63, 3.8) is 0 Å². The Morgan fingerprint density at radius 3 is 2.59 bits per heavy atom. The van der Waals surface area contributed by atoms with Gasteiger partial charge in [0.1, 0.15) is 6.61 Å². The van der Waals surface area contributed by atoms with E-state index < -0.39 is 11.9 Å². The summed E-state index contributed by atoms with van der Waals surface area (Å²) in [7, 11) is 1.54. The van der Waals surface area contributed by atoms with E-state index in [9.17, 15) is 9.59 Å². The van der Waals surface area contributed by atoms with E-state index in [4.69, 9.17) is 44.9 Å². The van der Waals surface area contributed by atoms with Gasteiger partial charge in [-0.25, -0.2) is 10.2 Å². The van der Waals surface area contributed by atoms with Gasteiger partial charge in [-0.1, -0.05) is 65.3 Å². The molecular weight excluding hydrogens is 621 g/mol. The molecule has 1 aliphatic rings. The van der Waals surface area contributed by atoms with E-state index in [1.807, 2.05) is 30.3 Å². The fraction of sp³-hybridized carbons (Fsp3) is 0.0800. The molecule has 0 aliphatic carbocycles. The smallest absolute Gasteiger partial charge is 0.338 e. The van der Waals surface area contributed by atoms with Gasteiger partial charge < -0.3 is 14.8 Å². The Kier molecular flexibility index (Phi) is 8.99. The normalized spacial score (nSPS) is 14.2. The fourth-order valence-electron chi connectivity index (χ4n) is 3.24. The molecule has 1 heterocycles. The minimum atomic E-state index is -0.666. The number of rotatable bonds is 7. The fourth-order valence-corrected chi connectivity index (χ4v) is 5.29. The lowest BCUT2D eigenvalue weighted by molar-refractivity contribution is -0.123. The summed E-state index contributed by atoms with van der Waals surface area (Å²) in [6.45, 7) is 0.365. The van der Waals surface area contributed by atoms with Gasteiger partial charge in [-0.2, -0.15) is 5.01 Å². The molecule has 0 bridgehead atoms. The maximum atomic E-state index is 13.0. The number of ether oxygens (including phenoxy) is 2. The average Bonchev–Trinajstić information content (AvgIpc) is 3.13. The highest BCUT2D eigenvalue weighted by Gasteiger charge is 2.33. The van der Waals surface area contributed by atoms with Crippen LogP contribution in [0.4, 0.5) is 10.5 Å². The van der Waals surface area contributed by atoms with E-state index in [-0.39, 0.29) is 9.34 Å². The summed E-state index contributed by atoms with van der Waals surface area (Å²) in [5.41, 5.74) is 4.55. The summed E-state index contributed by atoms with van der Waals surface area (Å²) in [6.07, 6.45) is 1.66. The lowest BCUT2D eigenvalue weighted by atomic mass is 10.2. The van der Waals surface area contributed by atoms with E-state index >= 15 is 0 Å². The molecule has 1 fully saturated rings. The molecule has 0 spiro atoms. The van der Waals surface area contributed by atoms with Gasteiger partial charge in [0, 0.05) is 5.69 Å². The molecule has 0 unspecified atom stereocenters. The highest BCUT2D eigenvalue weighted by molar-refractivity contribution is 9.10. The van der Waals surface area contributed by atoms with Crippen molar-refractivity contribution >= 4 is 91.1 Å². The molecule has 4 rings (SSSR count). The van der Waals surface area contributed by atoms with Crippen molar-refractivity contribution in [2.75, 3.05) is 12.4 Å². The third kappa shape index (κ3) is 6.77. The van der Waals surface area contributed by atoms with Crippen LogP contribution in [-0.2, 0) is 11.4 Å². The van der Waals surface area contributed by atoms with Crippen LogP contribution >= 0.6 is 63.1 Å². The van der Waals surface area contributed by atoms with Crippen molar-refractivity contribution < 1.29 is 19.1 Å². The predicted molar refractivity (Wildman–Crippen MR) is 155 cm³/mol. The summed E-state index contributed by atoms with van der Waals surface area (Å²) in [6, 6.07) is 17.3. The Morgan fingerprint density at radius 2 is 1.89 bits per heavy atom. The second-order valence-electron chi connectivity index (χ2n) is 7.52. The molecule has 3 aromatic rings. The van der Waals surface area contributed by atoms with E-state index in [1.165, 1.54) is 13.2 Å². The molecule has 12 heteroatoms. The molecule has 3 aromatic carbocycles. The van der Waals surface area contributed by atoms with Crippen LogP contribution in [0.15, 0.2) is 70.0 Å². The average molecular weight is 639 g/mol. The van der Waals surface area contributed by atoms with Crippen molar-refractivity contribution in [1.82, 2.24) is 10.4 Å². The number of nitrogens with one attached hydrogen (secondary N) is 2. The Hall–Kier alpha value is -2.76. The van der Waals surface area contributed by atoms with Gasteiger partial charge in [-0.15, -0.1) is 0 Å². The minimum absolute atomic E-state index is 0.175. The number of hydrogen-bond acceptors (Lipinski definition) is 6. The van der Waals surface area contributed by atoms with Crippen LogP contribution in [-0.4, -0.2) is 28.4 Å². The number of anilines is 1. The number of halogens is 3. The topological polar surface area (TPSA) is 79.9 Å². The van der Waals surface area contributed by atoms with Gasteiger partial charge in [-0.3, -0.25) is 4.79 Å². The monoisotopic (exact) mass is 637 g/mol. The molecule has 3 amide bonds. The standard InChI is InChI=1S/C25H18BrCl2N3O4S2/c1-34-20-10-15(9-17(26)22(20)35-13-14-5-3-2-4-6-14)11-21-23(32)31(25(36)37-21)30-24(33)29-16-7-8-18(27)19(28)12-16/h2-12H,13H2,1H3,(H2,29,30,33)/b21-11+. The zero-order valence-corrected chi connectivity index (χ0v) is 23.8. The van der Waals surface area contributed by atoms with Crippen molar-refractivity contribution in [1.29, 1.82) is 0 Å². The Bertz CT molecular complexity index is 1410. The van der Waals surface area contributed by atoms with Gasteiger partial charge >= 0.3 is 6.03 Å². The maximum Gasteiger partial charge on any atom is 0.338 e. The Morgan fingerprint density at radius 1 is 1.14 bits per heavy atom. The van der Waals surface area contributed by atoms with E-state index in [0.717, 1.165) is 22.3 Å². The van der Waals surface area contributed by atoms with Gasteiger partial charge in [0.25, 0.3) is 5.91 Å². The third-order valence-corrected chi connectivity index (χ3v) is 7.59. The van der Waals surface area contributed by atoms with Crippen molar-refractivity contribution in [2.24, 2.45) is 0 Å². The number of carbonyl (C=O) groups is 2. The zero-order chi connectivity index (χ0) is 26.5. The highest BCUT2D eigenvalue weighted by atomic mass is 79.9. The summed E-state index contributed by atoms with van der Waals surface area (Å²) in [4.78, 5) is 25.7. The lowest BCUT2D eigenvalue weighted by Crippen LogP contribution is -2.46. The first-order chi connectivity index (χ1) is 17.7. The van der Waals surface area contributed by atoms with Crippen LogP contribution in [0.1, 0.15) is 11.1 Å². The lowest BCUT2D eigenvalue weighted by Gasteiger charge is -2.16. The van der Waals surface area contributed by atoms with Crippen LogP contribution in [0.25, 0.3) is 6.08 Å². The Balaban J connectivity index is 1.46. The number of methoxy groups -OCH3 is 1. The van der Waals surface area contributed by atoms with Crippen LogP contribution in [0.3, 0.4) is 0 Å². The SMILES string of the molecule is COc1cc(/C=C2/SC(=S)N(NC(=O)Nc3ccc(Cl)c(Cl)c3)C2=O)cc(Br)c1OCc1ccccc1.